The van der Waals surface area contributed by atoms with Gasteiger partial charge in [-0.15, -0.1) is 11.3 Å². The second-order valence-corrected chi connectivity index (χ2v) is 6.97. The van der Waals surface area contributed by atoms with E-state index in [4.69, 9.17) is 11.6 Å². The van der Waals surface area contributed by atoms with Gasteiger partial charge in [-0.05, 0) is 37.4 Å². The molecule has 6 heteroatoms. The first-order valence-electron chi connectivity index (χ1n) is 6.98. The van der Waals surface area contributed by atoms with E-state index in [-0.39, 0.29) is 17.9 Å². The number of aliphatic hydroxyl groups excluding tert-OH is 1. The highest BCUT2D eigenvalue weighted by Crippen LogP contribution is 2.32. The monoisotopic (exact) mass is 311 g/mol. The van der Waals surface area contributed by atoms with Crippen LogP contribution in [0, 0.1) is 12.8 Å². The third kappa shape index (κ3) is 2.75. The van der Waals surface area contributed by atoms with Crippen molar-refractivity contribution in [1.82, 2.24) is 9.97 Å². The number of hydrogen-bond acceptors (Lipinski definition) is 5. The minimum Gasteiger partial charge on any atom is -0.396 e. The minimum absolute atomic E-state index is 0.224. The Balaban J connectivity index is 1.93. The first-order chi connectivity index (χ1) is 9.67. The van der Waals surface area contributed by atoms with E-state index in [0.29, 0.717) is 5.92 Å². The van der Waals surface area contributed by atoms with Crippen LogP contribution in [-0.2, 0) is 0 Å². The molecule has 0 saturated heterocycles. The third-order valence-electron chi connectivity index (χ3n) is 3.95. The second-order valence-electron chi connectivity index (χ2n) is 5.40. The molecule has 0 amide bonds. The fourth-order valence-electron chi connectivity index (χ4n) is 2.92. The largest absolute Gasteiger partial charge is 0.396 e. The van der Waals surface area contributed by atoms with E-state index in [1.165, 1.54) is 17.7 Å². The summed E-state index contributed by atoms with van der Waals surface area (Å²) in [5, 5.41) is 14.3. The summed E-state index contributed by atoms with van der Waals surface area (Å²) in [4.78, 5) is 10.7. The molecule has 1 fully saturated rings. The number of fused-ring (bicyclic) bond motifs is 1. The summed E-state index contributed by atoms with van der Waals surface area (Å²) in [5.41, 5.74) is 0. The number of aryl methyl sites for hydroxylation is 1. The van der Waals surface area contributed by atoms with Crippen LogP contribution in [0.5, 0.6) is 0 Å². The predicted octanol–water partition coefficient (Wildman–Crippen LogP) is 3.62. The first kappa shape index (κ1) is 14.0. The van der Waals surface area contributed by atoms with Gasteiger partial charge in [-0.1, -0.05) is 12.8 Å². The maximum absolute atomic E-state index is 9.51. The molecule has 2 heterocycles. The number of nitrogens with zero attached hydrogens (tertiary/aromatic N) is 2. The summed E-state index contributed by atoms with van der Waals surface area (Å²) >= 11 is 7.64. The van der Waals surface area contributed by atoms with Gasteiger partial charge in [0.25, 0.3) is 0 Å². The van der Waals surface area contributed by atoms with E-state index in [9.17, 15) is 5.11 Å². The summed E-state index contributed by atoms with van der Waals surface area (Å²) in [5.74, 6) is 1.10. The van der Waals surface area contributed by atoms with E-state index in [0.717, 1.165) is 28.9 Å². The van der Waals surface area contributed by atoms with Crippen molar-refractivity contribution in [3.63, 3.8) is 0 Å². The Kier molecular flexibility index (Phi) is 4.10. The molecular weight excluding hydrogens is 294 g/mol. The standard InChI is InChI=1S/C14H18ClN3OS/c1-8-6-10-12(17-14(15)18-13(10)20-8)16-11-5-3-2-4-9(11)7-19/h6,9,11,19H,2-5,7H2,1H3,(H,16,17,18). The molecule has 0 bridgehead atoms. The highest BCUT2D eigenvalue weighted by atomic mass is 35.5. The average molecular weight is 312 g/mol. The summed E-state index contributed by atoms with van der Waals surface area (Å²) in [6.07, 6.45) is 4.52. The van der Waals surface area contributed by atoms with Crippen molar-refractivity contribution in [2.45, 2.75) is 38.6 Å². The van der Waals surface area contributed by atoms with Crippen LogP contribution in [0.2, 0.25) is 5.28 Å². The van der Waals surface area contributed by atoms with E-state index in [1.807, 2.05) is 0 Å². The lowest BCUT2D eigenvalue weighted by Crippen LogP contribution is -2.34. The average Bonchev–Trinajstić information content (AvgIpc) is 2.79. The molecule has 0 spiro atoms. The molecule has 2 atom stereocenters. The number of halogens is 1. The van der Waals surface area contributed by atoms with Gasteiger partial charge in [0.1, 0.15) is 10.6 Å². The smallest absolute Gasteiger partial charge is 0.225 e. The van der Waals surface area contributed by atoms with Gasteiger partial charge < -0.3 is 10.4 Å². The molecule has 2 N–H and O–H groups in total. The van der Waals surface area contributed by atoms with Crippen molar-refractivity contribution in [3.8, 4) is 0 Å². The zero-order valence-corrected chi connectivity index (χ0v) is 13.0. The van der Waals surface area contributed by atoms with Crippen LogP contribution in [0.15, 0.2) is 6.07 Å². The van der Waals surface area contributed by atoms with Crippen LogP contribution in [0.3, 0.4) is 0 Å². The topological polar surface area (TPSA) is 58.0 Å². The Morgan fingerprint density at radius 3 is 3.00 bits per heavy atom. The van der Waals surface area contributed by atoms with Gasteiger partial charge in [0, 0.05) is 23.4 Å². The molecule has 4 nitrogen and oxygen atoms in total. The molecule has 0 radical (unpaired) electrons. The van der Waals surface area contributed by atoms with E-state index < -0.39 is 0 Å². The predicted molar refractivity (Wildman–Crippen MR) is 83.6 cm³/mol. The third-order valence-corrected chi connectivity index (χ3v) is 5.07. The summed E-state index contributed by atoms with van der Waals surface area (Å²) in [6, 6.07) is 2.36. The summed E-state index contributed by atoms with van der Waals surface area (Å²) in [6.45, 7) is 2.28. The van der Waals surface area contributed by atoms with Crippen molar-refractivity contribution >= 4 is 39.0 Å². The molecule has 0 aliphatic heterocycles. The maximum atomic E-state index is 9.51. The van der Waals surface area contributed by atoms with Crippen molar-refractivity contribution in [1.29, 1.82) is 0 Å². The maximum Gasteiger partial charge on any atom is 0.225 e. The SMILES string of the molecule is Cc1cc2c(NC3CCCCC3CO)nc(Cl)nc2s1. The fraction of sp³-hybridized carbons (Fsp3) is 0.571. The number of aliphatic hydroxyl groups is 1. The Hall–Kier alpha value is -0.910. The zero-order chi connectivity index (χ0) is 14.1. The quantitative estimate of drug-likeness (QED) is 0.850. The van der Waals surface area contributed by atoms with Gasteiger partial charge >= 0.3 is 0 Å². The van der Waals surface area contributed by atoms with Crippen molar-refractivity contribution in [2.75, 3.05) is 11.9 Å². The lowest BCUT2D eigenvalue weighted by atomic mass is 9.85. The highest BCUT2D eigenvalue weighted by molar-refractivity contribution is 7.18. The van der Waals surface area contributed by atoms with Gasteiger partial charge in [0.05, 0.1) is 5.39 Å². The summed E-state index contributed by atoms with van der Waals surface area (Å²) < 4.78 is 0. The van der Waals surface area contributed by atoms with Crippen molar-refractivity contribution < 1.29 is 5.11 Å². The molecule has 2 unspecified atom stereocenters. The lowest BCUT2D eigenvalue weighted by Gasteiger charge is -2.31. The van der Waals surface area contributed by atoms with E-state index in [2.05, 4.69) is 28.3 Å². The van der Waals surface area contributed by atoms with Crippen LogP contribution in [0.25, 0.3) is 10.2 Å². The normalized spacial score (nSPS) is 23.1. The summed E-state index contributed by atoms with van der Waals surface area (Å²) in [7, 11) is 0. The Labute approximate surface area is 127 Å². The number of aromatic nitrogens is 2. The van der Waals surface area contributed by atoms with Gasteiger partial charge in [0.15, 0.2) is 0 Å². The van der Waals surface area contributed by atoms with E-state index >= 15 is 0 Å². The second kappa shape index (κ2) is 5.84. The van der Waals surface area contributed by atoms with Gasteiger partial charge in [-0.3, -0.25) is 0 Å². The van der Waals surface area contributed by atoms with Crippen LogP contribution >= 0.6 is 22.9 Å². The molecule has 3 rings (SSSR count). The number of rotatable bonds is 3. The van der Waals surface area contributed by atoms with Gasteiger partial charge in [-0.25, -0.2) is 9.97 Å². The molecule has 1 saturated carbocycles. The van der Waals surface area contributed by atoms with Crippen LogP contribution in [0.4, 0.5) is 5.82 Å². The van der Waals surface area contributed by atoms with Gasteiger partial charge in [0.2, 0.25) is 5.28 Å². The number of thiophene rings is 1. The molecule has 1 aliphatic carbocycles. The van der Waals surface area contributed by atoms with Crippen molar-refractivity contribution in [3.05, 3.63) is 16.2 Å². The van der Waals surface area contributed by atoms with E-state index in [1.54, 1.807) is 11.3 Å². The zero-order valence-electron chi connectivity index (χ0n) is 11.4. The Morgan fingerprint density at radius 1 is 1.40 bits per heavy atom. The van der Waals surface area contributed by atoms with Crippen LogP contribution in [-0.4, -0.2) is 27.7 Å². The first-order valence-corrected chi connectivity index (χ1v) is 8.18. The molecule has 2 aromatic heterocycles. The minimum atomic E-state index is 0.224. The van der Waals surface area contributed by atoms with Crippen molar-refractivity contribution in [2.24, 2.45) is 5.92 Å². The molecule has 2 aromatic rings. The number of nitrogens with one attached hydrogen (secondary N) is 1. The molecule has 20 heavy (non-hydrogen) atoms. The molecule has 0 aromatic carbocycles. The number of hydrogen-bond donors (Lipinski definition) is 2. The molecular formula is C14H18ClN3OS. The number of anilines is 1. The fourth-order valence-corrected chi connectivity index (χ4v) is 4.02. The van der Waals surface area contributed by atoms with Gasteiger partial charge in [-0.2, -0.15) is 0 Å². The Morgan fingerprint density at radius 2 is 2.20 bits per heavy atom. The van der Waals surface area contributed by atoms with Crippen LogP contribution in [0.1, 0.15) is 30.6 Å². The van der Waals surface area contributed by atoms with Crippen LogP contribution < -0.4 is 5.32 Å². The lowest BCUT2D eigenvalue weighted by molar-refractivity contribution is 0.178. The molecule has 108 valence electrons. The highest BCUT2D eigenvalue weighted by Gasteiger charge is 2.25. The molecule has 1 aliphatic rings. The Bertz CT molecular complexity index is 616.